The van der Waals surface area contributed by atoms with E-state index in [2.05, 4.69) is 10.6 Å². The normalized spacial score (nSPS) is 11.7. The maximum atomic E-state index is 11.6. The number of aryl methyl sites for hydroxylation is 1. The number of carboxylic acid groups (broad SMARTS) is 1. The summed E-state index contributed by atoms with van der Waals surface area (Å²) in [5, 5.41) is 14.1. The van der Waals surface area contributed by atoms with E-state index < -0.39 is 22.8 Å². The monoisotopic (exact) mass is 298 g/mol. The lowest BCUT2D eigenvalue weighted by molar-refractivity contribution is 0.0697. The van der Waals surface area contributed by atoms with E-state index in [-0.39, 0.29) is 5.56 Å². The van der Waals surface area contributed by atoms with Crippen molar-refractivity contribution in [3.63, 3.8) is 0 Å². The Balaban J connectivity index is 2.59. The fourth-order valence-electron chi connectivity index (χ4n) is 1.48. The van der Waals surface area contributed by atoms with Gasteiger partial charge >= 0.3 is 12.0 Å². The zero-order chi connectivity index (χ0) is 15.1. The van der Waals surface area contributed by atoms with Gasteiger partial charge in [0.15, 0.2) is 0 Å². The van der Waals surface area contributed by atoms with E-state index in [1.807, 2.05) is 6.92 Å². The first-order valence-corrected chi connectivity index (χ1v) is 7.66. The van der Waals surface area contributed by atoms with Gasteiger partial charge in [-0.15, -0.1) is 0 Å². The molecule has 0 aliphatic carbocycles. The average molecular weight is 298 g/mol. The van der Waals surface area contributed by atoms with E-state index in [9.17, 15) is 13.8 Å². The van der Waals surface area contributed by atoms with Crippen LogP contribution in [0.2, 0.25) is 0 Å². The fourth-order valence-corrected chi connectivity index (χ4v) is 2.10. The molecule has 1 aromatic carbocycles. The maximum Gasteiger partial charge on any atom is 0.335 e. The standard InChI is InChI=1S/C13H18N2O4S/c1-3-20(19)7-6-14-13(18)15-11-8-10(12(16)17)5-4-9(11)2/h4-5,8H,3,6-7H2,1-2H3,(H,16,17)(H2,14,15,18). The molecule has 0 spiro atoms. The minimum atomic E-state index is -1.05. The first-order valence-electron chi connectivity index (χ1n) is 6.17. The fraction of sp³-hybridized carbons (Fsp3) is 0.385. The van der Waals surface area contributed by atoms with Gasteiger partial charge in [0.25, 0.3) is 0 Å². The second-order valence-corrected chi connectivity index (χ2v) is 6.01. The first-order chi connectivity index (χ1) is 9.43. The summed E-state index contributed by atoms with van der Waals surface area (Å²) in [7, 11) is -0.924. The summed E-state index contributed by atoms with van der Waals surface area (Å²) in [4.78, 5) is 22.5. The number of carboxylic acids is 1. The number of rotatable bonds is 6. The third-order valence-electron chi connectivity index (χ3n) is 2.67. The van der Waals surface area contributed by atoms with Crippen molar-refractivity contribution in [2.24, 2.45) is 0 Å². The topological polar surface area (TPSA) is 95.5 Å². The van der Waals surface area contributed by atoms with Crippen molar-refractivity contribution in [1.29, 1.82) is 0 Å². The number of aromatic carboxylic acids is 1. The van der Waals surface area contributed by atoms with Crippen LogP contribution in [-0.2, 0) is 10.8 Å². The number of amides is 2. The summed E-state index contributed by atoms with van der Waals surface area (Å²) in [6, 6.07) is 4.07. The van der Waals surface area contributed by atoms with Crippen LogP contribution in [0.5, 0.6) is 0 Å². The quantitative estimate of drug-likeness (QED) is 0.743. The van der Waals surface area contributed by atoms with Crippen LogP contribution < -0.4 is 10.6 Å². The predicted molar refractivity (Wildman–Crippen MR) is 78.7 cm³/mol. The first kappa shape index (κ1) is 16.2. The molecular weight excluding hydrogens is 280 g/mol. The van der Waals surface area contributed by atoms with Gasteiger partial charge in [-0.3, -0.25) is 4.21 Å². The van der Waals surface area contributed by atoms with Crippen molar-refractivity contribution >= 4 is 28.5 Å². The second kappa shape index (κ2) is 7.64. The molecule has 3 N–H and O–H groups in total. The zero-order valence-electron chi connectivity index (χ0n) is 11.4. The molecule has 7 heteroatoms. The summed E-state index contributed by atoms with van der Waals surface area (Å²) in [5.41, 5.74) is 1.32. The highest BCUT2D eigenvalue weighted by Crippen LogP contribution is 2.16. The number of carbonyl (C=O) groups is 2. The van der Waals surface area contributed by atoms with Crippen LogP contribution >= 0.6 is 0 Å². The molecule has 0 saturated carbocycles. The number of urea groups is 1. The number of hydrogen-bond acceptors (Lipinski definition) is 3. The van der Waals surface area contributed by atoms with Crippen LogP contribution in [0.3, 0.4) is 0 Å². The van der Waals surface area contributed by atoms with E-state index in [1.54, 1.807) is 13.0 Å². The minimum absolute atomic E-state index is 0.109. The van der Waals surface area contributed by atoms with Crippen LogP contribution in [-0.4, -0.2) is 39.4 Å². The van der Waals surface area contributed by atoms with Crippen molar-refractivity contribution in [3.8, 4) is 0 Å². The van der Waals surface area contributed by atoms with E-state index in [4.69, 9.17) is 5.11 Å². The minimum Gasteiger partial charge on any atom is -0.478 e. The highest BCUT2D eigenvalue weighted by atomic mass is 32.2. The van der Waals surface area contributed by atoms with E-state index in [1.165, 1.54) is 12.1 Å². The lowest BCUT2D eigenvalue weighted by atomic mass is 10.1. The lowest BCUT2D eigenvalue weighted by Gasteiger charge is -2.10. The number of carbonyl (C=O) groups excluding carboxylic acids is 1. The van der Waals surface area contributed by atoms with Crippen LogP contribution in [0.25, 0.3) is 0 Å². The highest BCUT2D eigenvalue weighted by Gasteiger charge is 2.09. The van der Waals surface area contributed by atoms with Crippen LogP contribution in [0.4, 0.5) is 10.5 Å². The Morgan fingerprint density at radius 3 is 2.65 bits per heavy atom. The Morgan fingerprint density at radius 1 is 1.35 bits per heavy atom. The summed E-state index contributed by atoms with van der Waals surface area (Å²) in [6.45, 7) is 3.90. The van der Waals surface area contributed by atoms with Crippen LogP contribution in [0.1, 0.15) is 22.8 Å². The SMILES string of the molecule is CCS(=O)CCNC(=O)Nc1cc(C(=O)O)ccc1C. The van der Waals surface area contributed by atoms with Gasteiger partial charge < -0.3 is 15.7 Å². The summed E-state index contributed by atoms with van der Waals surface area (Å²) < 4.78 is 11.2. The van der Waals surface area contributed by atoms with Gasteiger partial charge in [-0.25, -0.2) is 9.59 Å². The molecule has 1 rings (SSSR count). The van der Waals surface area contributed by atoms with Gasteiger partial charge in [0.2, 0.25) is 0 Å². The molecule has 1 aromatic rings. The Hall–Kier alpha value is -1.89. The molecule has 1 unspecified atom stereocenters. The third-order valence-corrected chi connectivity index (χ3v) is 3.97. The van der Waals surface area contributed by atoms with Gasteiger partial charge in [-0.1, -0.05) is 13.0 Å². The van der Waals surface area contributed by atoms with E-state index in [0.29, 0.717) is 23.7 Å². The number of hydrogen-bond donors (Lipinski definition) is 3. The molecule has 0 saturated heterocycles. The Kier molecular flexibility index (Phi) is 6.17. The molecule has 6 nitrogen and oxygen atoms in total. The largest absolute Gasteiger partial charge is 0.478 e. The molecule has 1 atom stereocenters. The van der Waals surface area contributed by atoms with Gasteiger partial charge in [-0.05, 0) is 24.6 Å². The zero-order valence-corrected chi connectivity index (χ0v) is 12.3. The van der Waals surface area contributed by atoms with Crippen molar-refractivity contribution in [2.45, 2.75) is 13.8 Å². The van der Waals surface area contributed by atoms with E-state index >= 15 is 0 Å². The summed E-state index contributed by atoms with van der Waals surface area (Å²) in [5.74, 6) is -0.0898. The van der Waals surface area contributed by atoms with Gasteiger partial charge in [0, 0.05) is 34.5 Å². The number of nitrogens with one attached hydrogen (secondary N) is 2. The molecule has 0 radical (unpaired) electrons. The average Bonchev–Trinajstić information content (AvgIpc) is 2.40. The van der Waals surface area contributed by atoms with Gasteiger partial charge in [0.1, 0.15) is 0 Å². The van der Waals surface area contributed by atoms with Crippen molar-refractivity contribution in [3.05, 3.63) is 29.3 Å². The van der Waals surface area contributed by atoms with Crippen LogP contribution in [0, 0.1) is 6.92 Å². The number of benzene rings is 1. The molecule has 0 fully saturated rings. The van der Waals surface area contributed by atoms with Crippen molar-refractivity contribution < 1.29 is 18.9 Å². The molecule has 110 valence electrons. The van der Waals surface area contributed by atoms with Crippen LogP contribution in [0.15, 0.2) is 18.2 Å². The Morgan fingerprint density at radius 2 is 2.05 bits per heavy atom. The maximum absolute atomic E-state index is 11.6. The Bertz CT molecular complexity index is 531. The molecule has 0 aliphatic rings. The smallest absolute Gasteiger partial charge is 0.335 e. The highest BCUT2D eigenvalue weighted by molar-refractivity contribution is 7.84. The lowest BCUT2D eigenvalue weighted by Crippen LogP contribution is -2.32. The third kappa shape index (κ3) is 5.00. The molecule has 20 heavy (non-hydrogen) atoms. The molecule has 0 aliphatic heterocycles. The predicted octanol–water partition coefficient (Wildman–Crippen LogP) is 1.58. The van der Waals surface area contributed by atoms with E-state index in [0.717, 1.165) is 5.56 Å². The molecule has 2 amide bonds. The van der Waals surface area contributed by atoms with Crippen molar-refractivity contribution in [1.82, 2.24) is 5.32 Å². The van der Waals surface area contributed by atoms with Gasteiger partial charge in [-0.2, -0.15) is 0 Å². The number of anilines is 1. The second-order valence-electron chi connectivity index (χ2n) is 4.15. The molecular formula is C13H18N2O4S. The van der Waals surface area contributed by atoms with Crippen molar-refractivity contribution in [2.75, 3.05) is 23.4 Å². The summed E-state index contributed by atoms with van der Waals surface area (Å²) >= 11 is 0. The Labute approximate surface area is 120 Å². The molecule has 0 aromatic heterocycles. The molecule has 0 bridgehead atoms. The molecule has 0 heterocycles. The van der Waals surface area contributed by atoms with Gasteiger partial charge in [0.05, 0.1) is 5.56 Å². The summed E-state index contributed by atoms with van der Waals surface area (Å²) in [6.07, 6.45) is 0.